The summed E-state index contributed by atoms with van der Waals surface area (Å²) in [6.45, 7) is 0. The molecular weight excluding hydrogens is 596 g/mol. The molecule has 224 valence electrons. The van der Waals surface area contributed by atoms with Gasteiger partial charge in [0, 0.05) is 22.2 Å². The maximum Gasteiger partial charge on any atom is 0.336 e. The zero-order chi connectivity index (χ0) is 32.0. The van der Waals surface area contributed by atoms with Crippen LogP contribution in [0.4, 0.5) is 5.69 Å². The lowest BCUT2D eigenvalue weighted by atomic mass is 10.0. The first-order valence-electron chi connectivity index (χ1n) is 14.2. The summed E-state index contributed by atoms with van der Waals surface area (Å²) in [6.07, 6.45) is 0. The molecule has 8 nitrogen and oxygen atoms in total. The largest absolute Gasteiger partial charge is 0.497 e. The molecule has 0 radical (unpaired) electrons. The highest BCUT2D eigenvalue weighted by atomic mass is 32.2. The first-order valence-corrected chi connectivity index (χ1v) is 15.1. The van der Waals surface area contributed by atoms with E-state index in [1.807, 2.05) is 60.7 Å². The fraction of sp³-hybridized carbons (Fsp3) is 0.0541. The second-order valence-corrected chi connectivity index (χ2v) is 11.3. The smallest absolute Gasteiger partial charge is 0.336 e. The van der Waals surface area contributed by atoms with Gasteiger partial charge in [-0.15, -0.1) is 0 Å². The molecule has 6 rings (SSSR count). The van der Waals surface area contributed by atoms with Gasteiger partial charge in [0.2, 0.25) is 5.91 Å². The van der Waals surface area contributed by atoms with E-state index in [1.54, 1.807) is 67.8 Å². The highest BCUT2D eigenvalue weighted by Crippen LogP contribution is 2.38. The van der Waals surface area contributed by atoms with Crippen molar-refractivity contribution in [3.05, 3.63) is 138 Å². The molecule has 1 atom stereocenters. The molecule has 1 amide bonds. The lowest BCUT2D eigenvalue weighted by Crippen LogP contribution is -2.19. The Morgan fingerprint density at radius 1 is 0.826 bits per heavy atom. The maximum absolute atomic E-state index is 13.8. The van der Waals surface area contributed by atoms with E-state index in [0.717, 1.165) is 11.1 Å². The Morgan fingerprint density at radius 3 is 2.33 bits per heavy atom. The number of aromatic carboxylic acids is 1. The first-order chi connectivity index (χ1) is 22.4. The minimum absolute atomic E-state index is 0.168. The molecule has 1 unspecified atom stereocenters. The second kappa shape index (κ2) is 13.3. The molecule has 0 saturated heterocycles. The van der Waals surface area contributed by atoms with E-state index in [1.165, 1.54) is 11.8 Å². The average Bonchev–Trinajstić information content (AvgIpc) is 3.10. The monoisotopic (exact) mass is 622 g/mol. The third kappa shape index (κ3) is 6.43. The van der Waals surface area contributed by atoms with Gasteiger partial charge in [-0.3, -0.25) is 4.79 Å². The fourth-order valence-electron chi connectivity index (χ4n) is 5.00. The van der Waals surface area contributed by atoms with E-state index in [2.05, 4.69) is 16.4 Å². The minimum atomic E-state index is -1.03. The fourth-order valence-corrected chi connectivity index (χ4v) is 6.08. The summed E-state index contributed by atoms with van der Waals surface area (Å²) in [5, 5.41) is 22.9. The number of ether oxygens (including phenoxy) is 1. The van der Waals surface area contributed by atoms with Crippen LogP contribution in [0.15, 0.2) is 126 Å². The third-order valence-corrected chi connectivity index (χ3v) is 8.57. The molecule has 4 aromatic carbocycles. The van der Waals surface area contributed by atoms with E-state index in [9.17, 15) is 20.0 Å². The van der Waals surface area contributed by atoms with Gasteiger partial charge in [0.15, 0.2) is 0 Å². The Bertz CT molecular complexity index is 2110. The Morgan fingerprint density at radius 2 is 1.59 bits per heavy atom. The van der Waals surface area contributed by atoms with Crippen LogP contribution in [0.5, 0.6) is 5.75 Å². The normalized spacial score (nSPS) is 11.4. The molecule has 0 aliphatic heterocycles. The molecule has 0 aliphatic carbocycles. The molecule has 6 aromatic rings. The van der Waals surface area contributed by atoms with Gasteiger partial charge in [0.1, 0.15) is 22.1 Å². The summed E-state index contributed by atoms with van der Waals surface area (Å²) in [7, 11) is 1.60. The predicted molar refractivity (Wildman–Crippen MR) is 179 cm³/mol. The van der Waals surface area contributed by atoms with Crippen molar-refractivity contribution in [2.75, 3.05) is 12.4 Å². The number of hydrogen-bond acceptors (Lipinski definition) is 7. The van der Waals surface area contributed by atoms with E-state index in [0.29, 0.717) is 49.9 Å². The average molecular weight is 623 g/mol. The van der Waals surface area contributed by atoms with Crippen LogP contribution >= 0.6 is 11.8 Å². The molecule has 9 heteroatoms. The highest BCUT2D eigenvalue weighted by molar-refractivity contribution is 8.00. The first kappa shape index (κ1) is 30.1. The molecular formula is C37H26N4O4S. The number of carbonyl (C=O) groups is 2. The molecule has 0 saturated carbocycles. The number of methoxy groups -OCH3 is 1. The Labute approximate surface area is 269 Å². The van der Waals surface area contributed by atoms with Crippen molar-refractivity contribution >= 4 is 40.2 Å². The van der Waals surface area contributed by atoms with Crippen molar-refractivity contribution in [1.29, 1.82) is 5.26 Å². The zero-order valence-electron chi connectivity index (χ0n) is 24.5. The number of aromatic nitrogens is 2. The predicted octanol–water partition coefficient (Wildman–Crippen LogP) is 8.01. The van der Waals surface area contributed by atoms with Gasteiger partial charge in [-0.2, -0.15) is 5.26 Å². The minimum Gasteiger partial charge on any atom is -0.497 e. The van der Waals surface area contributed by atoms with Crippen LogP contribution in [-0.4, -0.2) is 34.1 Å². The number of benzene rings is 4. The van der Waals surface area contributed by atoms with Gasteiger partial charge in [0.25, 0.3) is 0 Å². The summed E-state index contributed by atoms with van der Waals surface area (Å²) in [5.41, 5.74) is 5.10. The number of pyridine rings is 2. The number of fused-ring (bicyclic) bond motifs is 1. The van der Waals surface area contributed by atoms with E-state index >= 15 is 0 Å². The number of para-hydroxylation sites is 1. The Kier molecular flexibility index (Phi) is 8.72. The number of nitrogens with one attached hydrogen (secondary N) is 1. The van der Waals surface area contributed by atoms with Crippen molar-refractivity contribution in [2.45, 2.75) is 10.3 Å². The molecule has 2 aromatic heterocycles. The van der Waals surface area contributed by atoms with Gasteiger partial charge in [0.05, 0.1) is 35.1 Å². The number of anilines is 1. The van der Waals surface area contributed by atoms with Gasteiger partial charge in [-0.1, -0.05) is 84.6 Å². The van der Waals surface area contributed by atoms with Crippen molar-refractivity contribution in [3.8, 4) is 34.3 Å². The summed E-state index contributed by atoms with van der Waals surface area (Å²) in [6, 6.07) is 38.2. The highest BCUT2D eigenvalue weighted by Gasteiger charge is 2.25. The molecule has 0 bridgehead atoms. The number of amides is 1. The number of carbonyl (C=O) groups excluding carboxylic acids is 1. The van der Waals surface area contributed by atoms with Crippen LogP contribution in [0.1, 0.15) is 26.7 Å². The molecule has 0 fully saturated rings. The van der Waals surface area contributed by atoms with Gasteiger partial charge in [-0.25, -0.2) is 14.8 Å². The number of rotatable bonds is 9. The number of thioether (sulfide) groups is 1. The maximum atomic E-state index is 13.8. The lowest BCUT2D eigenvalue weighted by Gasteiger charge is -2.18. The molecule has 0 spiro atoms. The van der Waals surface area contributed by atoms with Crippen LogP contribution in [0, 0.1) is 11.3 Å². The molecule has 2 N–H and O–H groups in total. The van der Waals surface area contributed by atoms with Gasteiger partial charge in [-0.05, 0) is 54.1 Å². The number of carboxylic acid groups (broad SMARTS) is 1. The van der Waals surface area contributed by atoms with E-state index < -0.39 is 11.2 Å². The summed E-state index contributed by atoms with van der Waals surface area (Å²) >= 11 is 1.20. The number of nitrogens with zero attached hydrogens (tertiary/aromatic N) is 3. The summed E-state index contributed by atoms with van der Waals surface area (Å²) < 4.78 is 5.36. The van der Waals surface area contributed by atoms with Crippen molar-refractivity contribution in [1.82, 2.24) is 9.97 Å². The number of hydrogen-bond donors (Lipinski definition) is 2. The SMILES string of the molecule is COc1cccc(-c2ccc(C#N)c(SC(C(=O)Nc3ccc(-c4cc(C(=O)O)c5ccccc5n4)cc3)c3ccccc3)n2)c1. The van der Waals surface area contributed by atoms with Crippen molar-refractivity contribution < 1.29 is 19.4 Å². The Hall–Kier alpha value is -5.98. The summed E-state index contributed by atoms with van der Waals surface area (Å²) in [4.78, 5) is 35.2. The van der Waals surface area contributed by atoms with Gasteiger partial charge >= 0.3 is 5.97 Å². The Balaban J connectivity index is 1.28. The number of carboxylic acids is 1. The standard InChI is InChI=1S/C37H26N4O4S/c1-45-28-11-7-10-25(20-28)31-19-16-26(22-38)36(41-31)46-34(24-8-3-2-4-9-24)35(42)39-27-17-14-23(15-18-27)33-21-30(37(43)44)29-12-5-6-13-32(29)40-33/h2-21,34H,1H3,(H,39,42)(H,43,44). The zero-order valence-corrected chi connectivity index (χ0v) is 25.4. The quantitative estimate of drug-likeness (QED) is 0.155. The van der Waals surface area contributed by atoms with Crippen LogP contribution in [-0.2, 0) is 4.79 Å². The molecule has 46 heavy (non-hydrogen) atoms. The van der Waals surface area contributed by atoms with Crippen LogP contribution in [0.3, 0.4) is 0 Å². The van der Waals surface area contributed by atoms with Crippen molar-refractivity contribution in [2.24, 2.45) is 0 Å². The van der Waals surface area contributed by atoms with Crippen LogP contribution < -0.4 is 10.1 Å². The van der Waals surface area contributed by atoms with Crippen molar-refractivity contribution in [3.63, 3.8) is 0 Å². The lowest BCUT2D eigenvalue weighted by molar-refractivity contribution is -0.115. The topological polar surface area (TPSA) is 125 Å². The van der Waals surface area contributed by atoms with Crippen LogP contribution in [0.2, 0.25) is 0 Å². The van der Waals surface area contributed by atoms with E-state index in [4.69, 9.17) is 9.72 Å². The molecule has 0 aliphatic rings. The summed E-state index contributed by atoms with van der Waals surface area (Å²) in [5.74, 6) is -0.640. The van der Waals surface area contributed by atoms with Crippen LogP contribution in [0.25, 0.3) is 33.4 Å². The van der Waals surface area contributed by atoms with E-state index in [-0.39, 0.29) is 11.5 Å². The third-order valence-electron chi connectivity index (χ3n) is 7.31. The number of nitriles is 1. The molecule has 2 heterocycles. The van der Waals surface area contributed by atoms with Gasteiger partial charge < -0.3 is 15.2 Å². The second-order valence-electron chi connectivity index (χ2n) is 10.2.